The Bertz CT molecular complexity index is 1730. The molecule has 2 heterocycles. The van der Waals surface area contributed by atoms with Crippen molar-refractivity contribution >= 4 is 62.6 Å². The summed E-state index contributed by atoms with van der Waals surface area (Å²) in [5, 5.41) is 15.7. The van der Waals surface area contributed by atoms with E-state index >= 15 is 0 Å². The summed E-state index contributed by atoms with van der Waals surface area (Å²) in [5.41, 5.74) is 3.34. The predicted octanol–water partition coefficient (Wildman–Crippen LogP) is 6.82. The number of nitrogens with one attached hydrogen (secondary N) is 2. The summed E-state index contributed by atoms with van der Waals surface area (Å²) in [6, 6.07) is 23.5. The number of rotatable bonds is 11. The highest BCUT2D eigenvalue weighted by Gasteiger charge is 2.19. The number of thioether (sulfide) groups is 2. The third-order valence-corrected chi connectivity index (χ3v) is 10.4. The van der Waals surface area contributed by atoms with Crippen LogP contribution in [0.15, 0.2) is 82.3 Å². The first-order valence-electron chi connectivity index (χ1n) is 14.5. The van der Waals surface area contributed by atoms with Gasteiger partial charge in [-0.3, -0.25) is 14.2 Å². The summed E-state index contributed by atoms with van der Waals surface area (Å²) in [7, 11) is 1.63. The highest BCUT2D eigenvalue weighted by molar-refractivity contribution is 8.01. The van der Waals surface area contributed by atoms with E-state index < -0.39 is 0 Å². The molecular formula is C32H32N6O3S3. The molecule has 0 aliphatic heterocycles. The fraction of sp³-hybridized carbons (Fsp3) is 0.281. The zero-order chi connectivity index (χ0) is 30.3. The van der Waals surface area contributed by atoms with Crippen molar-refractivity contribution in [1.29, 1.82) is 0 Å². The van der Waals surface area contributed by atoms with Gasteiger partial charge in [-0.25, -0.2) is 4.98 Å². The number of thiazole rings is 1. The van der Waals surface area contributed by atoms with Gasteiger partial charge in [0.05, 0.1) is 28.8 Å². The Hall–Kier alpha value is -3.87. The molecule has 5 aromatic rings. The monoisotopic (exact) mass is 644 g/mol. The van der Waals surface area contributed by atoms with Crippen LogP contribution in [0.1, 0.15) is 32.1 Å². The molecule has 0 atom stereocenters. The average Bonchev–Trinajstić information content (AvgIpc) is 3.67. The maximum atomic E-state index is 13.0. The summed E-state index contributed by atoms with van der Waals surface area (Å²) in [6.45, 7) is 0. The first-order chi connectivity index (χ1) is 21.6. The number of ether oxygens (including phenoxy) is 1. The second kappa shape index (κ2) is 14.3. The van der Waals surface area contributed by atoms with Crippen LogP contribution in [-0.4, -0.2) is 56.2 Å². The van der Waals surface area contributed by atoms with Gasteiger partial charge in [-0.1, -0.05) is 61.0 Å². The number of para-hydroxylation sites is 1. The van der Waals surface area contributed by atoms with Crippen LogP contribution < -0.4 is 15.4 Å². The van der Waals surface area contributed by atoms with Crippen LogP contribution in [0.2, 0.25) is 0 Å². The third kappa shape index (κ3) is 7.43. The van der Waals surface area contributed by atoms with Crippen molar-refractivity contribution in [2.24, 2.45) is 0 Å². The van der Waals surface area contributed by atoms with E-state index in [9.17, 15) is 9.59 Å². The molecule has 1 aliphatic carbocycles. The number of nitrogens with zero attached hydrogens (tertiary/aromatic N) is 4. The minimum Gasteiger partial charge on any atom is -0.497 e. The highest BCUT2D eigenvalue weighted by Crippen LogP contribution is 2.32. The number of hydrogen-bond donors (Lipinski definition) is 2. The van der Waals surface area contributed by atoms with Crippen molar-refractivity contribution in [1.82, 2.24) is 25.1 Å². The van der Waals surface area contributed by atoms with E-state index in [1.54, 1.807) is 7.11 Å². The van der Waals surface area contributed by atoms with Crippen molar-refractivity contribution < 1.29 is 14.3 Å². The summed E-state index contributed by atoms with van der Waals surface area (Å²) >= 11 is 4.30. The average molecular weight is 645 g/mol. The van der Waals surface area contributed by atoms with Crippen molar-refractivity contribution in [3.63, 3.8) is 0 Å². The van der Waals surface area contributed by atoms with Gasteiger partial charge in [0, 0.05) is 23.0 Å². The quantitative estimate of drug-likeness (QED) is 0.151. The number of fused-ring (bicyclic) bond motifs is 1. The molecule has 6 rings (SSSR count). The Labute approximate surface area is 268 Å². The lowest BCUT2D eigenvalue weighted by molar-refractivity contribution is -0.119. The van der Waals surface area contributed by atoms with Gasteiger partial charge in [-0.2, -0.15) is 0 Å². The minimum absolute atomic E-state index is 0.0609. The SMILES string of the molecule is COc1ccc(-c2nnc(SCC(=O)Nc3ccc4nc(SCC(=O)NC5CCCCC5)sc4c3)n2-c2ccccc2)cc1. The van der Waals surface area contributed by atoms with Crippen molar-refractivity contribution in [3.8, 4) is 22.8 Å². The molecule has 2 amide bonds. The Morgan fingerprint density at radius 1 is 0.932 bits per heavy atom. The smallest absolute Gasteiger partial charge is 0.234 e. The van der Waals surface area contributed by atoms with Crippen molar-refractivity contribution in [3.05, 3.63) is 72.8 Å². The molecule has 1 aliphatic rings. The van der Waals surface area contributed by atoms with Gasteiger partial charge in [0.1, 0.15) is 5.75 Å². The van der Waals surface area contributed by atoms with Crippen LogP contribution in [0, 0.1) is 0 Å². The first kappa shape index (κ1) is 30.2. The van der Waals surface area contributed by atoms with E-state index in [2.05, 4.69) is 25.8 Å². The number of amides is 2. The van der Waals surface area contributed by atoms with Crippen molar-refractivity contribution in [2.75, 3.05) is 23.9 Å². The topological polar surface area (TPSA) is 111 Å². The summed E-state index contributed by atoms with van der Waals surface area (Å²) < 4.78 is 9.05. The Kier molecular flexibility index (Phi) is 9.79. The van der Waals surface area contributed by atoms with Crippen LogP contribution >= 0.6 is 34.9 Å². The van der Waals surface area contributed by atoms with Gasteiger partial charge in [0.25, 0.3) is 0 Å². The summed E-state index contributed by atoms with van der Waals surface area (Å²) in [5.74, 6) is 1.86. The van der Waals surface area contributed by atoms with Gasteiger partial charge in [0.15, 0.2) is 15.3 Å². The normalized spacial score (nSPS) is 13.6. The van der Waals surface area contributed by atoms with Crippen LogP contribution in [0.5, 0.6) is 5.75 Å². The fourth-order valence-corrected chi connectivity index (χ4v) is 7.78. The Balaban J connectivity index is 1.08. The van der Waals surface area contributed by atoms with Gasteiger partial charge >= 0.3 is 0 Å². The van der Waals surface area contributed by atoms with Gasteiger partial charge in [-0.05, 0) is 67.4 Å². The van der Waals surface area contributed by atoms with E-state index in [4.69, 9.17) is 4.74 Å². The molecule has 9 nitrogen and oxygen atoms in total. The van der Waals surface area contributed by atoms with Crippen LogP contribution in [0.3, 0.4) is 0 Å². The van der Waals surface area contributed by atoms with Crippen molar-refractivity contribution in [2.45, 2.75) is 47.6 Å². The number of hydrogen-bond acceptors (Lipinski definition) is 9. The highest BCUT2D eigenvalue weighted by atomic mass is 32.2. The number of aromatic nitrogens is 4. The van der Waals surface area contributed by atoms with E-state index in [0.717, 1.165) is 44.4 Å². The lowest BCUT2D eigenvalue weighted by atomic mass is 9.95. The molecule has 2 aromatic heterocycles. The maximum Gasteiger partial charge on any atom is 0.234 e. The third-order valence-electron chi connectivity index (χ3n) is 7.28. The molecule has 2 N–H and O–H groups in total. The zero-order valence-corrected chi connectivity index (χ0v) is 26.6. The number of carbonyl (C=O) groups excluding carboxylic acids is 2. The number of benzene rings is 3. The standard InChI is InChI=1S/C32H32N6O3S3/c1-41-25-15-12-21(13-16-25)30-36-37-31(38(30)24-10-6-3-7-11-24)42-19-28(39)34-23-14-17-26-27(18-23)44-32(35-26)43-20-29(40)33-22-8-4-2-5-9-22/h3,6-7,10-18,22H,2,4-5,8-9,19-20H2,1H3,(H,33,40)(H,34,39). The second-order valence-corrected chi connectivity index (χ2v) is 13.6. The first-order valence-corrected chi connectivity index (χ1v) is 17.2. The number of anilines is 1. The van der Waals surface area contributed by atoms with E-state index in [1.807, 2.05) is 77.4 Å². The molecule has 1 fully saturated rings. The molecule has 0 unspecified atom stereocenters. The lowest BCUT2D eigenvalue weighted by Gasteiger charge is -2.22. The largest absolute Gasteiger partial charge is 0.497 e. The molecule has 0 bridgehead atoms. The second-order valence-electron chi connectivity index (χ2n) is 10.4. The molecule has 3 aromatic carbocycles. The van der Waals surface area contributed by atoms with Gasteiger partial charge in [0.2, 0.25) is 11.8 Å². The molecule has 1 saturated carbocycles. The van der Waals surface area contributed by atoms with Crippen LogP contribution in [0.4, 0.5) is 5.69 Å². The molecule has 0 saturated heterocycles. The molecular weight excluding hydrogens is 613 g/mol. The Morgan fingerprint density at radius 2 is 1.70 bits per heavy atom. The molecule has 0 spiro atoms. The maximum absolute atomic E-state index is 13.0. The van der Waals surface area contributed by atoms with Crippen LogP contribution in [0.25, 0.3) is 27.3 Å². The molecule has 44 heavy (non-hydrogen) atoms. The fourth-order valence-electron chi connectivity index (χ4n) is 5.11. The predicted molar refractivity (Wildman–Crippen MR) is 178 cm³/mol. The summed E-state index contributed by atoms with van der Waals surface area (Å²) in [4.78, 5) is 30.1. The Morgan fingerprint density at radius 3 is 2.48 bits per heavy atom. The number of methoxy groups -OCH3 is 1. The van der Waals surface area contributed by atoms with E-state index in [-0.39, 0.29) is 17.6 Å². The van der Waals surface area contributed by atoms with Gasteiger partial charge in [-0.15, -0.1) is 21.5 Å². The minimum atomic E-state index is -0.151. The van der Waals surface area contributed by atoms with E-state index in [0.29, 0.717) is 28.5 Å². The van der Waals surface area contributed by atoms with Gasteiger partial charge < -0.3 is 15.4 Å². The van der Waals surface area contributed by atoms with Crippen LogP contribution in [-0.2, 0) is 9.59 Å². The van der Waals surface area contributed by atoms with E-state index in [1.165, 1.54) is 54.1 Å². The molecule has 0 radical (unpaired) electrons. The molecule has 12 heteroatoms. The number of carbonyl (C=O) groups is 2. The molecule has 226 valence electrons. The lowest BCUT2D eigenvalue weighted by Crippen LogP contribution is -2.37. The zero-order valence-electron chi connectivity index (χ0n) is 24.2. The summed E-state index contributed by atoms with van der Waals surface area (Å²) in [6.07, 6.45) is 5.78.